The molecule has 1 heterocycles. The number of amides is 1. The third-order valence-electron chi connectivity index (χ3n) is 7.47. The highest BCUT2D eigenvalue weighted by molar-refractivity contribution is 8.18. The molecule has 1 amide bonds. The molecule has 2 aromatic rings. The summed E-state index contributed by atoms with van der Waals surface area (Å²) in [5.74, 6) is 0.512. The zero-order chi connectivity index (χ0) is 25.8. The molecule has 0 unspecified atom stereocenters. The summed E-state index contributed by atoms with van der Waals surface area (Å²) in [5, 5.41) is 1.74. The molecule has 3 fully saturated rings. The molecular weight excluding hydrogens is 523 g/mol. The number of carbonyl (C=O) groups excluding carboxylic acids is 1. The van der Waals surface area contributed by atoms with E-state index in [1.54, 1.807) is 0 Å². The number of ether oxygens (including phenoxy) is 1. The van der Waals surface area contributed by atoms with Crippen LogP contribution in [0, 0.1) is 6.92 Å². The van der Waals surface area contributed by atoms with E-state index in [2.05, 4.69) is 19.1 Å². The molecular formula is C30H34Cl2N2O2S. The average Bonchev–Trinajstić information content (AvgIpc) is 3.19. The van der Waals surface area contributed by atoms with Crippen molar-refractivity contribution in [1.29, 1.82) is 0 Å². The van der Waals surface area contributed by atoms with Crippen molar-refractivity contribution in [1.82, 2.24) is 4.90 Å². The molecule has 2 saturated carbocycles. The van der Waals surface area contributed by atoms with Crippen LogP contribution in [0.25, 0.3) is 6.08 Å². The summed E-state index contributed by atoms with van der Waals surface area (Å²) >= 11 is 14.7. The summed E-state index contributed by atoms with van der Waals surface area (Å²) < 4.78 is 5.95. The number of nitrogens with zero attached hydrogens (tertiary/aromatic N) is 2. The molecule has 0 atom stereocenters. The second-order valence-electron chi connectivity index (χ2n) is 10.4. The molecule has 5 rings (SSSR count). The Kier molecular flexibility index (Phi) is 8.84. The first-order valence-corrected chi connectivity index (χ1v) is 15.0. The van der Waals surface area contributed by atoms with E-state index in [0.717, 1.165) is 42.0 Å². The molecule has 37 heavy (non-hydrogen) atoms. The fourth-order valence-electron chi connectivity index (χ4n) is 5.40. The van der Waals surface area contributed by atoms with E-state index >= 15 is 0 Å². The first kappa shape index (κ1) is 26.6. The van der Waals surface area contributed by atoms with Gasteiger partial charge >= 0.3 is 0 Å². The van der Waals surface area contributed by atoms with Crippen molar-refractivity contribution in [3.63, 3.8) is 0 Å². The zero-order valence-electron chi connectivity index (χ0n) is 21.3. The maximum absolute atomic E-state index is 13.6. The number of benzene rings is 2. The van der Waals surface area contributed by atoms with Gasteiger partial charge in [0.15, 0.2) is 10.9 Å². The molecule has 196 valence electrons. The normalized spacial score (nSPS) is 21.8. The van der Waals surface area contributed by atoms with Gasteiger partial charge in [0.1, 0.15) is 6.61 Å². The van der Waals surface area contributed by atoms with E-state index in [9.17, 15) is 4.79 Å². The van der Waals surface area contributed by atoms with E-state index < -0.39 is 0 Å². The quantitative estimate of drug-likeness (QED) is 0.333. The number of halogens is 2. The minimum atomic E-state index is 0.0541. The maximum atomic E-state index is 13.6. The third kappa shape index (κ3) is 6.55. The van der Waals surface area contributed by atoms with Crippen LogP contribution in [0.1, 0.15) is 80.9 Å². The highest BCUT2D eigenvalue weighted by Gasteiger charge is 2.39. The first-order chi connectivity index (χ1) is 18.0. The van der Waals surface area contributed by atoms with Gasteiger partial charge in [-0.1, -0.05) is 91.6 Å². The Balaban J connectivity index is 1.37. The number of thioether (sulfide) groups is 1. The summed E-state index contributed by atoms with van der Waals surface area (Å²) in [6.07, 6.45) is 13.6. The van der Waals surface area contributed by atoms with Crippen LogP contribution in [0.2, 0.25) is 10.0 Å². The van der Waals surface area contributed by atoms with Crippen LogP contribution >= 0.6 is 35.0 Å². The minimum absolute atomic E-state index is 0.0541. The summed E-state index contributed by atoms with van der Waals surface area (Å²) in [6, 6.07) is 12.4. The molecule has 1 saturated heterocycles. The predicted octanol–water partition coefficient (Wildman–Crippen LogP) is 8.82. The van der Waals surface area contributed by atoms with Gasteiger partial charge in [-0.2, -0.15) is 0 Å². The lowest BCUT2D eigenvalue weighted by Crippen LogP contribution is -2.41. The van der Waals surface area contributed by atoms with E-state index in [1.807, 2.05) is 35.2 Å². The molecule has 0 bridgehead atoms. The maximum Gasteiger partial charge on any atom is 0.266 e. The van der Waals surface area contributed by atoms with Gasteiger partial charge < -0.3 is 4.74 Å². The average molecular weight is 558 g/mol. The van der Waals surface area contributed by atoms with Crippen molar-refractivity contribution < 1.29 is 9.53 Å². The number of aliphatic imine (C=N–C) groups is 1. The Morgan fingerprint density at radius 3 is 2.24 bits per heavy atom. The topological polar surface area (TPSA) is 41.9 Å². The van der Waals surface area contributed by atoms with Gasteiger partial charge in [0, 0.05) is 6.04 Å². The molecule has 0 spiro atoms. The lowest BCUT2D eigenvalue weighted by atomic mass is 9.94. The van der Waals surface area contributed by atoms with Crippen molar-refractivity contribution in [3.05, 3.63) is 68.0 Å². The molecule has 3 aliphatic rings. The van der Waals surface area contributed by atoms with E-state index in [4.69, 9.17) is 32.9 Å². The molecule has 7 heteroatoms. The summed E-state index contributed by atoms with van der Waals surface area (Å²) in [6.45, 7) is 2.43. The highest BCUT2D eigenvalue weighted by atomic mass is 35.5. The second kappa shape index (κ2) is 12.3. The van der Waals surface area contributed by atoms with Gasteiger partial charge in [-0.15, -0.1) is 0 Å². The molecule has 0 aromatic heterocycles. The second-order valence-corrected chi connectivity index (χ2v) is 12.2. The summed E-state index contributed by atoms with van der Waals surface area (Å²) in [5.41, 5.74) is 3.03. The molecule has 0 radical (unpaired) electrons. The summed E-state index contributed by atoms with van der Waals surface area (Å²) in [7, 11) is 0. The van der Waals surface area contributed by atoms with E-state index in [1.165, 1.54) is 55.9 Å². The van der Waals surface area contributed by atoms with Crippen LogP contribution in [0.4, 0.5) is 0 Å². The van der Waals surface area contributed by atoms with Gasteiger partial charge in [0.05, 0.1) is 21.0 Å². The predicted molar refractivity (Wildman–Crippen MR) is 156 cm³/mol. The van der Waals surface area contributed by atoms with Crippen LogP contribution < -0.4 is 4.74 Å². The fourth-order valence-corrected chi connectivity index (χ4v) is 7.12. The molecule has 2 aromatic carbocycles. The van der Waals surface area contributed by atoms with Crippen LogP contribution in [-0.2, 0) is 11.4 Å². The van der Waals surface area contributed by atoms with Crippen LogP contribution in [0.15, 0.2) is 46.3 Å². The van der Waals surface area contributed by atoms with Crippen molar-refractivity contribution in [2.75, 3.05) is 0 Å². The number of amidine groups is 1. The minimum Gasteiger partial charge on any atom is -0.486 e. The molecule has 0 N–H and O–H groups in total. The highest BCUT2D eigenvalue weighted by Crippen LogP contribution is 2.40. The van der Waals surface area contributed by atoms with Crippen LogP contribution in [-0.4, -0.2) is 28.1 Å². The van der Waals surface area contributed by atoms with Gasteiger partial charge in [0.2, 0.25) is 0 Å². The number of carbonyl (C=O) groups is 1. The lowest BCUT2D eigenvalue weighted by Gasteiger charge is -2.31. The van der Waals surface area contributed by atoms with Crippen LogP contribution in [0.3, 0.4) is 0 Å². The lowest BCUT2D eigenvalue weighted by molar-refractivity contribution is -0.124. The zero-order valence-corrected chi connectivity index (χ0v) is 23.7. The fraction of sp³-hybridized carbons (Fsp3) is 0.467. The number of hydrogen-bond acceptors (Lipinski definition) is 4. The Morgan fingerprint density at radius 2 is 1.59 bits per heavy atom. The standard InChI is InChI=1S/C30H34Cl2N2O2S/c1-20-12-14-21(15-13-20)19-36-28-25(31)16-22(17-26(28)32)18-27-29(35)34(24-10-6-3-7-11-24)30(37-27)33-23-8-4-2-5-9-23/h12-18,23-24H,2-11,19H2,1H3. The Bertz CT molecular complexity index is 1160. The Labute approximate surface area is 234 Å². The smallest absolute Gasteiger partial charge is 0.266 e. The third-order valence-corrected chi connectivity index (χ3v) is 9.03. The molecule has 4 nitrogen and oxygen atoms in total. The van der Waals surface area contributed by atoms with Crippen molar-refractivity contribution in [2.24, 2.45) is 4.99 Å². The Hall–Kier alpha value is -1.95. The van der Waals surface area contributed by atoms with E-state index in [0.29, 0.717) is 33.3 Å². The molecule has 2 aliphatic carbocycles. The number of hydrogen-bond donors (Lipinski definition) is 0. The van der Waals surface area contributed by atoms with Gasteiger partial charge in [-0.3, -0.25) is 14.7 Å². The Morgan fingerprint density at radius 1 is 0.973 bits per heavy atom. The molecule has 1 aliphatic heterocycles. The van der Waals surface area contributed by atoms with Gasteiger partial charge in [0.25, 0.3) is 5.91 Å². The number of aryl methyl sites for hydroxylation is 1. The van der Waals surface area contributed by atoms with Gasteiger partial charge in [-0.05, 0) is 73.7 Å². The van der Waals surface area contributed by atoms with Crippen molar-refractivity contribution in [2.45, 2.75) is 89.8 Å². The SMILES string of the molecule is Cc1ccc(COc2c(Cl)cc(C=C3SC(=NC4CCCCC4)N(C4CCCCC4)C3=O)cc2Cl)cc1. The van der Waals surface area contributed by atoms with Crippen molar-refractivity contribution >= 4 is 52.1 Å². The first-order valence-electron chi connectivity index (χ1n) is 13.5. The summed E-state index contributed by atoms with van der Waals surface area (Å²) in [4.78, 5) is 21.4. The van der Waals surface area contributed by atoms with Gasteiger partial charge in [-0.25, -0.2) is 0 Å². The largest absolute Gasteiger partial charge is 0.486 e. The van der Waals surface area contributed by atoms with E-state index in [-0.39, 0.29) is 11.9 Å². The monoisotopic (exact) mass is 556 g/mol. The van der Waals surface area contributed by atoms with Crippen LogP contribution in [0.5, 0.6) is 5.75 Å². The van der Waals surface area contributed by atoms with Crippen molar-refractivity contribution in [3.8, 4) is 5.75 Å². The number of rotatable bonds is 6.